The molecule has 0 bridgehead atoms. The molecule has 0 amide bonds. The third kappa shape index (κ3) is 4.19. The average molecular weight is 646 g/mol. The van der Waals surface area contributed by atoms with Crippen molar-refractivity contribution in [1.29, 1.82) is 0 Å². The highest BCUT2D eigenvalue weighted by atomic mass is 19.4. The highest BCUT2D eigenvalue weighted by Crippen LogP contribution is 2.64. The van der Waals surface area contributed by atoms with Crippen LogP contribution in [0.2, 0.25) is 0 Å². The summed E-state index contributed by atoms with van der Waals surface area (Å²) in [5.74, 6) is -56.7. The smallest absolute Gasteiger partial charge is 0.195 e. The van der Waals surface area contributed by atoms with Crippen LogP contribution in [-0.2, 0) is 0 Å². The van der Waals surface area contributed by atoms with Crippen LogP contribution in [0.4, 0.5) is 74.6 Å². The first-order valence-electron chi connectivity index (χ1n) is 11.3. The third-order valence-electron chi connectivity index (χ3n) is 6.78. The second-order valence-corrected chi connectivity index (χ2v) is 9.41. The molecular formula is C26H11F17. The first kappa shape index (κ1) is 32.4. The van der Waals surface area contributed by atoms with Crippen molar-refractivity contribution in [2.24, 2.45) is 0 Å². The zero-order valence-corrected chi connectivity index (χ0v) is 20.3. The lowest BCUT2D eigenvalue weighted by Gasteiger charge is -2.42. The molecule has 4 rings (SSSR count). The van der Waals surface area contributed by atoms with Crippen molar-refractivity contribution in [2.75, 3.05) is 0 Å². The van der Waals surface area contributed by atoms with Crippen LogP contribution in [0.15, 0.2) is 60.7 Å². The van der Waals surface area contributed by atoms with Gasteiger partial charge in [0.15, 0.2) is 0 Å². The molecule has 0 N–H and O–H groups in total. The zero-order valence-electron chi connectivity index (χ0n) is 20.3. The quantitative estimate of drug-likeness (QED) is 0.132. The molecule has 0 atom stereocenters. The van der Waals surface area contributed by atoms with E-state index in [4.69, 9.17) is 0 Å². The van der Waals surface area contributed by atoms with E-state index in [1.807, 2.05) is 0 Å². The summed E-state index contributed by atoms with van der Waals surface area (Å²) in [6.45, 7) is 0. The van der Waals surface area contributed by atoms with Crippen molar-refractivity contribution < 1.29 is 74.6 Å². The molecule has 17 heteroatoms. The van der Waals surface area contributed by atoms with Gasteiger partial charge in [-0.3, -0.25) is 0 Å². The molecule has 0 saturated heterocycles. The largest absolute Gasteiger partial charge is 0.460 e. The predicted octanol–water partition coefficient (Wildman–Crippen LogP) is 10.6. The van der Waals surface area contributed by atoms with Crippen molar-refractivity contribution in [3.63, 3.8) is 0 Å². The lowest BCUT2D eigenvalue weighted by molar-refractivity contribution is -0.459. The maximum Gasteiger partial charge on any atom is 0.460 e. The minimum atomic E-state index is -8.65. The molecule has 0 aliphatic carbocycles. The van der Waals surface area contributed by atoms with Gasteiger partial charge in [-0.05, 0) is 44.0 Å². The number of hydrogen-bond acceptors (Lipinski definition) is 0. The van der Waals surface area contributed by atoms with Crippen molar-refractivity contribution in [3.05, 3.63) is 66.2 Å². The van der Waals surface area contributed by atoms with Gasteiger partial charge in [0.05, 0.1) is 0 Å². The van der Waals surface area contributed by atoms with E-state index < -0.39 is 59.3 Å². The summed E-state index contributed by atoms with van der Waals surface area (Å²) in [6.07, 6.45) is -8.94. The third-order valence-corrected chi connectivity index (χ3v) is 6.78. The number of alkyl halides is 17. The highest BCUT2D eigenvalue weighted by molar-refractivity contribution is 6.24. The lowest BCUT2D eigenvalue weighted by Crippen LogP contribution is -2.74. The van der Waals surface area contributed by atoms with E-state index in [0.29, 0.717) is 26.9 Å². The van der Waals surface area contributed by atoms with Crippen LogP contribution in [0.1, 0.15) is 5.56 Å². The fourth-order valence-corrected chi connectivity index (χ4v) is 4.38. The molecule has 234 valence electrons. The molecule has 0 aliphatic rings. The summed E-state index contributed by atoms with van der Waals surface area (Å²) in [5.41, 5.74) is -0.432. The molecule has 0 fully saturated rings. The molecule has 0 saturated carbocycles. The van der Waals surface area contributed by atoms with Gasteiger partial charge >= 0.3 is 47.6 Å². The number of rotatable bonds is 8. The van der Waals surface area contributed by atoms with Gasteiger partial charge in [-0.1, -0.05) is 60.7 Å². The fraction of sp³-hybridized carbons (Fsp3) is 0.308. The molecule has 4 aromatic rings. The Labute approximate surface area is 227 Å². The standard InChI is InChI=1S/C26H11F17/c27-19(28,11-10-12-4-5-15-7-6-13-2-1-3-14-8-9-16(12)18(15)17(13)14)20(29,30)21(31,32)22(33,34)23(35,36)24(37,38)25(39,40)26(41,42)43/h1-11H/b11-10+. The van der Waals surface area contributed by atoms with Gasteiger partial charge in [-0.15, -0.1) is 0 Å². The van der Waals surface area contributed by atoms with Gasteiger partial charge in [0.2, 0.25) is 0 Å². The van der Waals surface area contributed by atoms with Crippen LogP contribution in [0.25, 0.3) is 38.4 Å². The van der Waals surface area contributed by atoms with Crippen molar-refractivity contribution in [1.82, 2.24) is 0 Å². The van der Waals surface area contributed by atoms with E-state index in [2.05, 4.69) is 0 Å². The number of benzene rings is 4. The molecule has 43 heavy (non-hydrogen) atoms. The maximum atomic E-state index is 14.4. The Balaban J connectivity index is 1.78. The molecule has 0 spiro atoms. The summed E-state index contributed by atoms with van der Waals surface area (Å²) < 4.78 is 230. The van der Waals surface area contributed by atoms with Gasteiger partial charge in [0, 0.05) is 0 Å². The minimum Gasteiger partial charge on any atom is -0.195 e. The molecule has 0 heterocycles. The first-order chi connectivity index (χ1) is 19.3. The van der Waals surface area contributed by atoms with E-state index in [9.17, 15) is 74.6 Å². The molecule has 4 aromatic carbocycles. The fourth-order valence-electron chi connectivity index (χ4n) is 4.38. The Morgan fingerprint density at radius 3 is 1.28 bits per heavy atom. The second-order valence-electron chi connectivity index (χ2n) is 9.41. The van der Waals surface area contributed by atoms with Crippen LogP contribution >= 0.6 is 0 Å². The van der Waals surface area contributed by atoms with Gasteiger partial charge in [-0.25, -0.2) is 0 Å². The summed E-state index contributed by atoms with van der Waals surface area (Å²) in [4.78, 5) is 0. The molecule has 0 aliphatic heterocycles. The minimum absolute atomic E-state index is 0.00143. The van der Waals surface area contributed by atoms with Gasteiger partial charge in [-0.2, -0.15) is 74.6 Å². The van der Waals surface area contributed by atoms with E-state index in [0.717, 1.165) is 6.07 Å². The van der Waals surface area contributed by atoms with E-state index in [1.54, 1.807) is 30.3 Å². The molecule has 0 unspecified atom stereocenters. The Morgan fingerprint density at radius 1 is 0.395 bits per heavy atom. The Hall–Kier alpha value is -3.53. The summed E-state index contributed by atoms with van der Waals surface area (Å²) in [5, 5.41) is 2.61. The molecule has 0 aromatic heterocycles. The monoisotopic (exact) mass is 646 g/mol. The number of allylic oxidation sites excluding steroid dienone is 1. The first-order valence-corrected chi connectivity index (χ1v) is 11.3. The van der Waals surface area contributed by atoms with Crippen LogP contribution in [0, 0.1) is 0 Å². The van der Waals surface area contributed by atoms with Gasteiger partial charge in [0.1, 0.15) is 0 Å². The summed E-state index contributed by atoms with van der Waals surface area (Å²) in [6, 6.07) is 13.2. The van der Waals surface area contributed by atoms with Crippen molar-refractivity contribution in [2.45, 2.75) is 47.6 Å². The van der Waals surface area contributed by atoms with E-state index in [1.165, 1.54) is 18.2 Å². The van der Waals surface area contributed by atoms with Crippen LogP contribution in [0.3, 0.4) is 0 Å². The Morgan fingerprint density at radius 2 is 0.791 bits per heavy atom. The molecular weight excluding hydrogens is 635 g/mol. The van der Waals surface area contributed by atoms with Crippen LogP contribution in [-0.4, -0.2) is 47.6 Å². The van der Waals surface area contributed by atoms with Crippen LogP contribution < -0.4 is 0 Å². The van der Waals surface area contributed by atoms with E-state index in [-0.39, 0.29) is 11.5 Å². The van der Waals surface area contributed by atoms with E-state index >= 15 is 0 Å². The summed E-state index contributed by atoms with van der Waals surface area (Å²) >= 11 is 0. The Bertz CT molecular complexity index is 1680. The average Bonchev–Trinajstić information content (AvgIpc) is 2.89. The topological polar surface area (TPSA) is 0 Å². The highest BCUT2D eigenvalue weighted by Gasteiger charge is 2.95. The van der Waals surface area contributed by atoms with Crippen molar-refractivity contribution in [3.8, 4) is 0 Å². The number of hydrogen-bond donors (Lipinski definition) is 0. The van der Waals surface area contributed by atoms with Crippen LogP contribution in [0.5, 0.6) is 0 Å². The Kier molecular flexibility index (Phi) is 6.96. The van der Waals surface area contributed by atoms with Gasteiger partial charge < -0.3 is 0 Å². The van der Waals surface area contributed by atoms with Crippen molar-refractivity contribution >= 4 is 38.4 Å². The molecule has 0 radical (unpaired) electrons. The maximum absolute atomic E-state index is 14.4. The lowest BCUT2D eigenvalue weighted by atomic mass is 9.88. The summed E-state index contributed by atoms with van der Waals surface area (Å²) in [7, 11) is 0. The normalized spacial score (nSPS) is 15.5. The van der Waals surface area contributed by atoms with Gasteiger partial charge in [0.25, 0.3) is 0 Å². The molecule has 0 nitrogen and oxygen atoms in total. The second kappa shape index (κ2) is 9.24. The zero-order chi connectivity index (χ0) is 32.8. The number of halogens is 17. The SMILES string of the molecule is FC(F)(F)C(F)(F)C(F)(F)C(F)(F)C(F)(F)C(F)(F)C(F)(F)C(F)(F)/C=C/c1ccc2ccc3cccc4ccc1c2c34. The predicted molar refractivity (Wildman–Crippen MR) is 120 cm³/mol.